The van der Waals surface area contributed by atoms with Gasteiger partial charge in [-0.05, 0) is 31.7 Å². The van der Waals surface area contributed by atoms with Crippen molar-refractivity contribution < 1.29 is 9.59 Å². The minimum absolute atomic E-state index is 0.103. The number of likely N-dealkylation sites (tertiary alicyclic amines) is 1. The fraction of sp³-hybridized carbons (Fsp3) is 0.867. The monoisotopic (exact) mass is 281 g/mol. The predicted molar refractivity (Wildman–Crippen MR) is 78.2 cm³/mol. The summed E-state index contributed by atoms with van der Waals surface area (Å²) in [5.41, 5.74) is -0.295. The maximum Gasteiger partial charge on any atom is 0.227 e. The van der Waals surface area contributed by atoms with Crippen molar-refractivity contribution in [3.8, 4) is 0 Å². The molecule has 0 aromatic rings. The highest BCUT2D eigenvalue weighted by Crippen LogP contribution is 2.34. The van der Waals surface area contributed by atoms with E-state index in [0.717, 1.165) is 45.4 Å². The fourth-order valence-electron chi connectivity index (χ4n) is 3.24. The zero-order valence-electron chi connectivity index (χ0n) is 12.7. The molecule has 5 heteroatoms. The van der Waals surface area contributed by atoms with Crippen molar-refractivity contribution in [3.05, 3.63) is 0 Å². The van der Waals surface area contributed by atoms with Crippen molar-refractivity contribution in [2.45, 2.75) is 39.5 Å². The summed E-state index contributed by atoms with van der Waals surface area (Å²) in [6.45, 7) is 8.07. The van der Waals surface area contributed by atoms with Gasteiger partial charge in [0.2, 0.25) is 11.8 Å². The molecule has 0 bridgehead atoms. The Morgan fingerprint density at radius 3 is 2.55 bits per heavy atom. The van der Waals surface area contributed by atoms with E-state index in [9.17, 15) is 9.59 Å². The van der Waals surface area contributed by atoms with Crippen LogP contribution in [0.1, 0.15) is 39.5 Å². The molecule has 114 valence electrons. The standard InChI is InChI=1S/C15H27N3O2/c1-12(2)15(6-8-16-11-15)14(20)17-7-5-13(19)18-9-3-4-10-18/h12,16H,3-11H2,1-2H3,(H,17,20). The largest absolute Gasteiger partial charge is 0.355 e. The van der Waals surface area contributed by atoms with E-state index in [1.165, 1.54) is 0 Å². The Morgan fingerprint density at radius 1 is 1.30 bits per heavy atom. The van der Waals surface area contributed by atoms with Crippen molar-refractivity contribution in [1.29, 1.82) is 0 Å². The summed E-state index contributed by atoms with van der Waals surface area (Å²) in [4.78, 5) is 26.3. The van der Waals surface area contributed by atoms with Crippen LogP contribution in [-0.2, 0) is 9.59 Å². The second kappa shape index (κ2) is 6.57. The zero-order chi connectivity index (χ0) is 14.6. The van der Waals surface area contributed by atoms with E-state index < -0.39 is 0 Å². The third-order valence-corrected chi connectivity index (χ3v) is 4.83. The normalized spacial score (nSPS) is 26.2. The highest BCUT2D eigenvalue weighted by Gasteiger charge is 2.43. The smallest absolute Gasteiger partial charge is 0.227 e. The molecule has 2 rings (SSSR count). The lowest BCUT2D eigenvalue weighted by Gasteiger charge is -2.31. The number of nitrogens with one attached hydrogen (secondary N) is 2. The van der Waals surface area contributed by atoms with Gasteiger partial charge in [0.1, 0.15) is 0 Å². The predicted octanol–water partition coefficient (Wildman–Crippen LogP) is 0.751. The summed E-state index contributed by atoms with van der Waals surface area (Å²) in [6.07, 6.45) is 3.53. The summed E-state index contributed by atoms with van der Waals surface area (Å²) in [7, 11) is 0. The maximum absolute atomic E-state index is 12.4. The Bertz CT molecular complexity index is 356. The van der Waals surface area contributed by atoms with Gasteiger partial charge in [0.05, 0.1) is 5.41 Å². The van der Waals surface area contributed by atoms with Crippen LogP contribution in [0.5, 0.6) is 0 Å². The molecule has 2 aliphatic heterocycles. The Labute approximate surface area is 121 Å². The van der Waals surface area contributed by atoms with Gasteiger partial charge in [-0.25, -0.2) is 0 Å². The summed E-state index contributed by atoms with van der Waals surface area (Å²) < 4.78 is 0. The second-order valence-corrected chi connectivity index (χ2v) is 6.33. The van der Waals surface area contributed by atoms with E-state index >= 15 is 0 Å². The van der Waals surface area contributed by atoms with Crippen LogP contribution in [0.2, 0.25) is 0 Å². The molecular weight excluding hydrogens is 254 g/mol. The first kappa shape index (κ1) is 15.3. The van der Waals surface area contributed by atoms with Crippen LogP contribution in [0.25, 0.3) is 0 Å². The van der Waals surface area contributed by atoms with E-state index in [2.05, 4.69) is 24.5 Å². The van der Waals surface area contributed by atoms with Gasteiger partial charge in [0, 0.05) is 32.6 Å². The number of hydrogen-bond donors (Lipinski definition) is 2. The lowest BCUT2D eigenvalue weighted by atomic mass is 9.75. The van der Waals surface area contributed by atoms with Crippen LogP contribution in [0.3, 0.4) is 0 Å². The van der Waals surface area contributed by atoms with E-state index in [1.807, 2.05) is 4.90 Å². The Balaban J connectivity index is 1.78. The average Bonchev–Trinajstić information content (AvgIpc) is 3.10. The van der Waals surface area contributed by atoms with Crippen molar-refractivity contribution in [2.24, 2.45) is 11.3 Å². The molecule has 2 amide bonds. The van der Waals surface area contributed by atoms with Crippen LogP contribution in [0, 0.1) is 11.3 Å². The van der Waals surface area contributed by atoms with Crippen LogP contribution in [-0.4, -0.2) is 49.4 Å². The second-order valence-electron chi connectivity index (χ2n) is 6.33. The van der Waals surface area contributed by atoms with Crippen molar-refractivity contribution >= 4 is 11.8 Å². The van der Waals surface area contributed by atoms with Crippen molar-refractivity contribution in [1.82, 2.24) is 15.5 Å². The fourth-order valence-corrected chi connectivity index (χ4v) is 3.24. The summed E-state index contributed by atoms with van der Waals surface area (Å²) >= 11 is 0. The van der Waals surface area contributed by atoms with Gasteiger partial charge in [-0.1, -0.05) is 13.8 Å². The molecule has 0 saturated carbocycles. The zero-order valence-corrected chi connectivity index (χ0v) is 12.7. The summed E-state index contributed by atoms with van der Waals surface area (Å²) in [6, 6.07) is 0. The van der Waals surface area contributed by atoms with Crippen LogP contribution in [0.4, 0.5) is 0 Å². The van der Waals surface area contributed by atoms with Gasteiger partial charge in [-0.15, -0.1) is 0 Å². The Kier molecular flexibility index (Phi) is 5.02. The molecule has 1 atom stereocenters. The van der Waals surface area contributed by atoms with E-state index in [-0.39, 0.29) is 17.2 Å². The first-order valence-corrected chi connectivity index (χ1v) is 7.83. The highest BCUT2D eigenvalue weighted by molar-refractivity contribution is 5.84. The number of amides is 2. The first-order valence-electron chi connectivity index (χ1n) is 7.83. The van der Waals surface area contributed by atoms with Gasteiger partial charge < -0.3 is 15.5 Å². The molecule has 0 radical (unpaired) electrons. The third kappa shape index (κ3) is 3.14. The minimum Gasteiger partial charge on any atom is -0.355 e. The van der Waals surface area contributed by atoms with Crippen molar-refractivity contribution in [2.75, 3.05) is 32.7 Å². The van der Waals surface area contributed by atoms with Crippen molar-refractivity contribution in [3.63, 3.8) is 0 Å². The molecule has 2 saturated heterocycles. The molecular formula is C15H27N3O2. The van der Waals surface area contributed by atoms with Crippen LogP contribution < -0.4 is 10.6 Å². The number of carbonyl (C=O) groups excluding carboxylic acids is 2. The molecule has 2 aliphatic rings. The Morgan fingerprint density at radius 2 is 2.00 bits per heavy atom. The molecule has 2 heterocycles. The quantitative estimate of drug-likeness (QED) is 0.782. The van der Waals surface area contributed by atoms with Gasteiger partial charge in [0.25, 0.3) is 0 Å². The molecule has 0 aromatic carbocycles. The average molecular weight is 281 g/mol. The van der Waals surface area contributed by atoms with E-state index in [1.54, 1.807) is 0 Å². The molecule has 5 nitrogen and oxygen atoms in total. The number of rotatable bonds is 5. The molecule has 1 unspecified atom stereocenters. The highest BCUT2D eigenvalue weighted by atomic mass is 16.2. The SMILES string of the molecule is CC(C)C1(C(=O)NCCC(=O)N2CCCC2)CCNC1. The molecule has 0 aromatic heterocycles. The third-order valence-electron chi connectivity index (χ3n) is 4.83. The molecule has 20 heavy (non-hydrogen) atoms. The lowest BCUT2D eigenvalue weighted by Crippen LogP contribution is -2.46. The van der Waals surface area contributed by atoms with Crippen LogP contribution >= 0.6 is 0 Å². The van der Waals surface area contributed by atoms with Gasteiger partial charge in [-0.3, -0.25) is 9.59 Å². The molecule has 0 aliphatic carbocycles. The molecule has 0 spiro atoms. The number of hydrogen-bond acceptors (Lipinski definition) is 3. The summed E-state index contributed by atoms with van der Waals surface area (Å²) in [5, 5.41) is 6.26. The molecule has 2 N–H and O–H groups in total. The van der Waals surface area contributed by atoms with E-state index in [0.29, 0.717) is 18.9 Å². The lowest BCUT2D eigenvalue weighted by molar-refractivity contribution is -0.133. The molecule has 2 fully saturated rings. The Hall–Kier alpha value is -1.10. The minimum atomic E-state index is -0.295. The topological polar surface area (TPSA) is 61.4 Å². The maximum atomic E-state index is 12.4. The summed E-state index contributed by atoms with van der Waals surface area (Å²) in [5.74, 6) is 0.587. The van der Waals surface area contributed by atoms with Gasteiger partial charge in [0.15, 0.2) is 0 Å². The van der Waals surface area contributed by atoms with Crippen LogP contribution in [0.15, 0.2) is 0 Å². The first-order chi connectivity index (χ1) is 9.56. The van der Waals surface area contributed by atoms with E-state index in [4.69, 9.17) is 0 Å². The van der Waals surface area contributed by atoms with Gasteiger partial charge >= 0.3 is 0 Å². The number of carbonyl (C=O) groups is 2. The van der Waals surface area contributed by atoms with Gasteiger partial charge in [-0.2, -0.15) is 0 Å². The number of nitrogens with zero attached hydrogens (tertiary/aromatic N) is 1.